The van der Waals surface area contributed by atoms with Gasteiger partial charge in [0.2, 0.25) is 0 Å². The van der Waals surface area contributed by atoms with Gasteiger partial charge in [0.05, 0.1) is 25.9 Å². The fraction of sp³-hybridized carbons (Fsp3) is 0.588. The van der Waals surface area contributed by atoms with E-state index in [4.69, 9.17) is 9.47 Å². The Morgan fingerprint density at radius 2 is 2.14 bits per heavy atom. The fourth-order valence-corrected chi connectivity index (χ4v) is 2.45. The maximum Gasteiger partial charge on any atom is 0.410 e. The zero-order valence-corrected chi connectivity index (χ0v) is 13.5. The van der Waals surface area contributed by atoms with Crippen LogP contribution >= 0.6 is 0 Å². The van der Waals surface area contributed by atoms with E-state index in [-0.39, 0.29) is 18.8 Å². The number of nitrogens with zero attached hydrogens (tertiary/aromatic N) is 1. The molecule has 0 aromatic heterocycles. The molecule has 1 atom stereocenters. The van der Waals surface area contributed by atoms with E-state index in [2.05, 4.69) is 0 Å². The zero-order chi connectivity index (χ0) is 16.2. The number of hydrogen-bond donors (Lipinski definition) is 1. The maximum atomic E-state index is 12.1. The average Bonchev–Trinajstić information content (AvgIpc) is 2.46. The van der Waals surface area contributed by atoms with E-state index in [0.29, 0.717) is 26.1 Å². The highest BCUT2D eigenvalue weighted by molar-refractivity contribution is 5.68. The van der Waals surface area contributed by atoms with E-state index in [1.165, 1.54) is 0 Å². The van der Waals surface area contributed by atoms with E-state index in [1.54, 1.807) is 4.90 Å². The van der Waals surface area contributed by atoms with Gasteiger partial charge in [0, 0.05) is 13.0 Å². The van der Waals surface area contributed by atoms with Crippen molar-refractivity contribution in [1.29, 1.82) is 0 Å². The van der Waals surface area contributed by atoms with Crippen molar-refractivity contribution in [2.24, 2.45) is 0 Å². The number of aliphatic hydroxyl groups is 1. The highest BCUT2D eigenvalue weighted by Crippen LogP contribution is 2.16. The third-order valence-electron chi connectivity index (χ3n) is 3.43. The largest absolute Gasteiger partial charge is 0.444 e. The van der Waals surface area contributed by atoms with E-state index >= 15 is 0 Å². The van der Waals surface area contributed by atoms with Crippen LogP contribution in [0.4, 0.5) is 4.79 Å². The SMILES string of the molecule is CC(C)(C)OC(=O)N1CCOC(Cc2cccc(CO)c2)C1. The number of morpholine rings is 1. The van der Waals surface area contributed by atoms with Crippen LogP contribution in [-0.2, 0) is 22.5 Å². The monoisotopic (exact) mass is 307 g/mol. The van der Waals surface area contributed by atoms with Gasteiger partial charge in [-0.2, -0.15) is 0 Å². The molecular formula is C17H25NO4. The van der Waals surface area contributed by atoms with Crippen LogP contribution in [0, 0.1) is 0 Å². The molecule has 22 heavy (non-hydrogen) atoms. The number of benzene rings is 1. The average molecular weight is 307 g/mol. The van der Waals surface area contributed by atoms with Gasteiger partial charge >= 0.3 is 6.09 Å². The smallest absolute Gasteiger partial charge is 0.410 e. The Labute approximate surface area is 131 Å². The minimum absolute atomic E-state index is 0.0311. The highest BCUT2D eigenvalue weighted by Gasteiger charge is 2.28. The third kappa shape index (κ3) is 5.00. The van der Waals surface area contributed by atoms with Crippen molar-refractivity contribution in [2.45, 2.75) is 45.5 Å². The minimum Gasteiger partial charge on any atom is -0.444 e. The standard InChI is InChI=1S/C17H25NO4/c1-17(2,3)22-16(20)18-7-8-21-15(11-18)10-13-5-4-6-14(9-13)12-19/h4-6,9,15,19H,7-8,10-12H2,1-3H3. The first-order valence-corrected chi connectivity index (χ1v) is 7.65. The molecule has 1 heterocycles. The second-order valence-corrected chi connectivity index (χ2v) is 6.60. The van der Waals surface area contributed by atoms with Gasteiger partial charge in [0.1, 0.15) is 5.60 Å². The molecule has 0 saturated carbocycles. The molecule has 1 aliphatic heterocycles. The first-order chi connectivity index (χ1) is 10.4. The van der Waals surface area contributed by atoms with Crippen LogP contribution in [0.3, 0.4) is 0 Å². The number of carbonyl (C=O) groups is 1. The van der Waals surface area contributed by atoms with Gasteiger partial charge in [0.25, 0.3) is 0 Å². The molecular weight excluding hydrogens is 282 g/mol. The summed E-state index contributed by atoms with van der Waals surface area (Å²) in [6.45, 7) is 7.23. The molecule has 1 aromatic rings. The Hall–Kier alpha value is -1.59. The molecule has 2 rings (SSSR count). The number of rotatable bonds is 3. The van der Waals surface area contributed by atoms with Gasteiger partial charge in [-0.3, -0.25) is 0 Å². The molecule has 1 amide bonds. The summed E-state index contributed by atoms with van der Waals surface area (Å²) in [6, 6.07) is 7.79. The molecule has 1 saturated heterocycles. The molecule has 0 spiro atoms. The van der Waals surface area contributed by atoms with Crippen LogP contribution in [0.15, 0.2) is 24.3 Å². The Kier molecular flexibility index (Phi) is 5.42. The van der Waals surface area contributed by atoms with E-state index in [0.717, 1.165) is 11.1 Å². The van der Waals surface area contributed by atoms with Crippen LogP contribution < -0.4 is 0 Å². The van der Waals surface area contributed by atoms with Gasteiger partial charge < -0.3 is 19.5 Å². The Morgan fingerprint density at radius 3 is 2.82 bits per heavy atom. The lowest BCUT2D eigenvalue weighted by Crippen LogP contribution is -2.48. The second-order valence-electron chi connectivity index (χ2n) is 6.60. The summed E-state index contributed by atoms with van der Waals surface area (Å²) in [5.74, 6) is 0. The second kappa shape index (κ2) is 7.11. The molecule has 122 valence electrons. The van der Waals surface area contributed by atoms with Gasteiger partial charge in [-0.15, -0.1) is 0 Å². The van der Waals surface area contributed by atoms with Crippen molar-refractivity contribution in [3.8, 4) is 0 Å². The molecule has 1 fully saturated rings. The summed E-state index contributed by atoms with van der Waals surface area (Å²) in [4.78, 5) is 13.8. The van der Waals surface area contributed by atoms with Crippen molar-refractivity contribution in [3.63, 3.8) is 0 Å². The van der Waals surface area contributed by atoms with E-state index in [1.807, 2.05) is 45.0 Å². The summed E-state index contributed by atoms with van der Waals surface area (Å²) in [5.41, 5.74) is 1.50. The number of ether oxygens (including phenoxy) is 2. The van der Waals surface area contributed by atoms with Crippen LogP contribution in [0.2, 0.25) is 0 Å². The zero-order valence-electron chi connectivity index (χ0n) is 13.5. The van der Waals surface area contributed by atoms with Crippen LogP contribution in [-0.4, -0.2) is 47.5 Å². The van der Waals surface area contributed by atoms with Crippen LogP contribution in [0.25, 0.3) is 0 Å². The van der Waals surface area contributed by atoms with Gasteiger partial charge in [-0.25, -0.2) is 4.79 Å². The third-order valence-corrected chi connectivity index (χ3v) is 3.43. The van der Waals surface area contributed by atoms with Crippen LogP contribution in [0.5, 0.6) is 0 Å². The molecule has 0 aliphatic carbocycles. The molecule has 5 nitrogen and oxygen atoms in total. The lowest BCUT2D eigenvalue weighted by atomic mass is 10.0. The van der Waals surface area contributed by atoms with Crippen molar-refractivity contribution in [2.75, 3.05) is 19.7 Å². The predicted molar refractivity (Wildman–Crippen MR) is 83.6 cm³/mol. The maximum absolute atomic E-state index is 12.1. The molecule has 5 heteroatoms. The summed E-state index contributed by atoms with van der Waals surface area (Å²) >= 11 is 0. The first kappa shape index (κ1) is 16.8. The number of amides is 1. The quantitative estimate of drug-likeness (QED) is 0.931. The van der Waals surface area contributed by atoms with Crippen molar-refractivity contribution in [3.05, 3.63) is 35.4 Å². The lowest BCUT2D eigenvalue weighted by molar-refractivity contribution is -0.0415. The van der Waals surface area contributed by atoms with E-state index in [9.17, 15) is 9.90 Å². The Bertz CT molecular complexity index is 510. The van der Waals surface area contributed by atoms with Crippen molar-refractivity contribution < 1.29 is 19.4 Å². The normalized spacial score (nSPS) is 19.1. The van der Waals surface area contributed by atoms with Crippen molar-refractivity contribution >= 4 is 6.09 Å². The number of carbonyl (C=O) groups excluding carboxylic acids is 1. The fourth-order valence-electron chi connectivity index (χ4n) is 2.45. The first-order valence-electron chi connectivity index (χ1n) is 7.65. The van der Waals surface area contributed by atoms with Gasteiger partial charge in [-0.05, 0) is 31.9 Å². The molecule has 1 aromatic carbocycles. The number of aliphatic hydroxyl groups excluding tert-OH is 1. The summed E-state index contributed by atoms with van der Waals surface area (Å²) in [6.07, 6.45) is 0.382. The Balaban J connectivity index is 1.94. The summed E-state index contributed by atoms with van der Waals surface area (Å²) < 4.78 is 11.2. The van der Waals surface area contributed by atoms with Gasteiger partial charge in [-0.1, -0.05) is 24.3 Å². The Morgan fingerprint density at radius 1 is 1.41 bits per heavy atom. The molecule has 1 N–H and O–H groups in total. The van der Waals surface area contributed by atoms with Crippen LogP contribution in [0.1, 0.15) is 31.9 Å². The molecule has 1 aliphatic rings. The summed E-state index contributed by atoms with van der Waals surface area (Å²) in [5, 5.41) is 9.19. The van der Waals surface area contributed by atoms with E-state index < -0.39 is 5.60 Å². The van der Waals surface area contributed by atoms with Crippen molar-refractivity contribution in [1.82, 2.24) is 4.90 Å². The highest BCUT2D eigenvalue weighted by atomic mass is 16.6. The molecule has 1 unspecified atom stereocenters. The molecule has 0 bridgehead atoms. The lowest BCUT2D eigenvalue weighted by Gasteiger charge is -2.34. The summed E-state index contributed by atoms with van der Waals surface area (Å²) in [7, 11) is 0. The van der Waals surface area contributed by atoms with Gasteiger partial charge in [0.15, 0.2) is 0 Å². The topological polar surface area (TPSA) is 59.0 Å². The predicted octanol–water partition coefficient (Wildman–Crippen LogP) is 2.36. The molecule has 0 radical (unpaired) electrons. The number of hydrogen-bond acceptors (Lipinski definition) is 4. The minimum atomic E-state index is -0.486.